The molecule has 0 heterocycles. The molecule has 24 heavy (non-hydrogen) atoms. The van der Waals surface area contributed by atoms with Crippen LogP contribution in [-0.4, -0.2) is 51.1 Å². The van der Waals surface area contributed by atoms with Crippen LogP contribution in [0, 0.1) is 5.92 Å². The van der Waals surface area contributed by atoms with Gasteiger partial charge in [0.05, 0.1) is 7.11 Å². The number of nitrogens with one attached hydrogen (secondary N) is 2. The third kappa shape index (κ3) is 7.37. The number of hydrogen-bond acceptors (Lipinski definition) is 3. The summed E-state index contributed by atoms with van der Waals surface area (Å²) in [7, 11) is 5.38. The number of amides is 1. The zero-order valence-corrected chi connectivity index (χ0v) is 17.5. The van der Waals surface area contributed by atoms with Crippen LogP contribution in [-0.2, 0) is 11.3 Å². The summed E-state index contributed by atoms with van der Waals surface area (Å²) < 4.78 is 5.37. The van der Waals surface area contributed by atoms with Crippen LogP contribution in [0.1, 0.15) is 19.4 Å². The Bertz CT molecular complexity index is 535. The van der Waals surface area contributed by atoms with Gasteiger partial charge in [0.1, 0.15) is 5.75 Å². The number of carbonyl (C=O) groups is 1. The van der Waals surface area contributed by atoms with Crippen molar-refractivity contribution in [3.05, 3.63) is 29.8 Å². The lowest BCUT2D eigenvalue weighted by atomic mass is 10.2. The van der Waals surface area contributed by atoms with Crippen molar-refractivity contribution in [3.8, 4) is 5.75 Å². The highest BCUT2D eigenvalue weighted by molar-refractivity contribution is 14.0. The predicted octanol–water partition coefficient (Wildman–Crippen LogP) is 2.09. The molecule has 0 aromatic heterocycles. The van der Waals surface area contributed by atoms with E-state index in [4.69, 9.17) is 4.74 Å². The molecule has 0 fully saturated rings. The second-order valence-corrected chi connectivity index (χ2v) is 5.59. The molecule has 1 amide bonds. The third-order valence-corrected chi connectivity index (χ3v) is 3.41. The minimum absolute atomic E-state index is 0. The van der Waals surface area contributed by atoms with Crippen molar-refractivity contribution in [2.45, 2.75) is 20.4 Å². The summed E-state index contributed by atoms with van der Waals surface area (Å²) in [5.74, 6) is 1.69. The lowest BCUT2D eigenvalue weighted by molar-refractivity contribution is -0.123. The SMILES string of the molecule is CN=C(NCCNC(=O)C(C)C)N(C)Cc1ccccc1OC.I. The molecule has 7 heteroatoms. The molecule has 0 aliphatic carbocycles. The van der Waals surface area contributed by atoms with Crippen LogP contribution in [0.4, 0.5) is 0 Å². The van der Waals surface area contributed by atoms with E-state index in [0.29, 0.717) is 19.6 Å². The molecule has 0 radical (unpaired) electrons. The molecule has 136 valence electrons. The Kier molecular flexibility index (Phi) is 11.2. The normalized spacial score (nSPS) is 10.8. The smallest absolute Gasteiger partial charge is 0.222 e. The molecule has 1 rings (SSSR count). The number of hydrogen-bond donors (Lipinski definition) is 2. The maximum Gasteiger partial charge on any atom is 0.222 e. The van der Waals surface area contributed by atoms with Crippen LogP contribution in [0.25, 0.3) is 0 Å². The van der Waals surface area contributed by atoms with Gasteiger partial charge >= 0.3 is 0 Å². The Morgan fingerprint density at radius 1 is 1.25 bits per heavy atom. The molecule has 0 unspecified atom stereocenters. The van der Waals surface area contributed by atoms with Gasteiger partial charge in [-0.25, -0.2) is 0 Å². The Labute approximate surface area is 162 Å². The topological polar surface area (TPSA) is 66.0 Å². The molecule has 0 bridgehead atoms. The summed E-state index contributed by atoms with van der Waals surface area (Å²) >= 11 is 0. The first-order chi connectivity index (χ1) is 11.0. The minimum Gasteiger partial charge on any atom is -0.496 e. The van der Waals surface area contributed by atoms with Crippen molar-refractivity contribution in [3.63, 3.8) is 0 Å². The average Bonchev–Trinajstić information content (AvgIpc) is 2.54. The zero-order valence-electron chi connectivity index (χ0n) is 15.1. The van der Waals surface area contributed by atoms with Crippen molar-refractivity contribution in [2.24, 2.45) is 10.9 Å². The van der Waals surface area contributed by atoms with E-state index in [9.17, 15) is 4.79 Å². The third-order valence-electron chi connectivity index (χ3n) is 3.41. The van der Waals surface area contributed by atoms with Gasteiger partial charge in [-0.2, -0.15) is 0 Å². The van der Waals surface area contributed by atoms with Gasteiger partial charge in [0.2, 0.25) is 5.91 Å². The molecule has 1 aromatic rings. The van der Waals surface area contributed by atoms with E-state index in [1.165, 1.54) is 0 Å². The average molecular weight is 448 g/mol. The molecule has 0 aliphatic heterocycles. The highest BCUT2D eigenvalue weighted by atomic mass is 127. The van der Waals surface area contributed by atoms with Gasteiger partial charge in [0.25, 0.3) is 0 Å². The number of halogens is 1. The molecular weight excluding hydrogens is 419 g/mol. The fourth-order valence-corrected chi connectivity index (χ4v) is 2.11. The van der Waals surface area contributed by atoms with Crippen LogP contribution >= 0.6 is 24.0 Å². The van der Waals surface area contributed by atoms with Crippen molar-refractivity contribution >= 4 is 35.8 Å². The summed E-state index contributed by atoms with van der Waals surface area (Å²) in [4.78, 5) is 17.8. The van der Waals surface area contributed by atoms with E-state index in [1.807, 2.05) is 50.1 Å². The van der Waals surface area contributed by atoms with Crippen molar-refractivity contribution in [1.82, 2.24) is 15.5 Å². The number of aliphatic imine (C=N–C) groups is 1. The lowest BCUT2D eigenvalue weighted by Crippen LogP contribution is -2.42. The van der Waals surface area contributed by atoms with Crippen LogP contribution in [0.15, 0.2) is 29.3 Å². The summed E-state index contributed by atoms with van der Waals surface area (Å²) in [6, 6.07) is 7.92. The van der Waals surface area contributed by atoms with Crippen molar-refractivity contribution in [1.29, 1.82) is 0 Å². The first-order valence-corrected chi connectivity index (χ1v) is 7.81. The molecule has 0 spiro atoms. The summed E-state index contributed by atoms with van der Waals surface area (Å²) in [6.45, 7) is 5.63. The Balaban J connectivity index is 0.00000529. The molecular formula is C17H29IN4O2. The number of nitrogens with zero attached hydrogens (tertiary/aromatic N) is 2. The number of carbonyl (C=O) groups excluding carboxylic acids is 1. The van der Waals surface area contributed by atoms with E-state index < -0.39 is 0 Å². The van der Waals surface area contributed by atoms with E-state index in [1.54, 1.807) is 14.2 Å². The monoisotopic (exact) mass is 448 g/mol. The fraction of sp³-hybridized carbons (Fsp3) is 0.529. The number of methoxy groups -OCH3 is 1. The Morgan fingerprint density at radius 2 is 1.88 bits per heavy atom. The maximum atomic E-state index is 11.5. The van der Waals surface area contributed by atoms with Crippen molar-refractivity contribution in [2.75, 3.05) is 34.3 Å². The van der Waals surface area contributed by atoms with Gasteiger partial charge < -0.3 is 20.3 Å². The van der Waals surface area contributed by atoms with Crippen molar-refractivity contribution < 1.29 is 9.53 Å². The Hall–Kier alpha value is -1.51. The second-order valence-electron chi connectivity index (χ2n) is 5.59. The van der Waals surface area contributed by atoms with Gasteiger partial charge in [-0.1, -0.05) is 32.0 Å². The van der Waals surface area contributed by atoms with Crippen LogP contribution in [0.2, 0.25) is 0 Å². The first-order valence-electron chi connectivity index (χ1n) is 7.81. The number of benzene rings is 1. The number of rotatable bonds is 7. The standard InChI is InChI=1S/C17H28N4O2.HI/c1-13(2)16(22)19-10-11-20-17(18-3)21(4)12-14-8-6-7-9-15(14)23-5;/h6-9,13H,10-12H2,1-5H3,(H,18,20)(H,19,22);1H. The molecule has 2 N–H and O–H groups in total. The van der Waals surface area contributed by atoms with E-state index >= 15 is 0 Å². The highest BCUT2D eigenvalue weighted by Gasteiger charge is 2.10. The van der Waals surface area contributed by atoms with Crippen LogP contribution in [0.5, 0.6) is 5.75 Å². The van der Waals surface area contributed by atoms with E-state index in [-0.39, 0.29) is 35.8 Å². The summed E-state index contributed by atoms with van der Waals surface area (Å²) in [5.41, 5.74) is 1.09. The van der Waals surface area contributed by atoms with Gasteiger partial charge in [0.15, 0.2) is 5.96 Å². The minimum atomic E-state index is 0. The van der Waals surface area contributed by atoms with E-state index in [0.717, 1.165) is 17.3 Å². The summed E-state index contributed by atoms with van der Waals surface area (Å²) in [6.07, 6.45) is 0. The quantitative estimate of drug-likeness (QED) is 0.290. The highest BCUT2D eigenvalue weighted by Crippen LogP contribution is 2.18. The molecule has 0 saturated carbocycles. The second kappa shape index (κ2) is 11.9. The van der Waals surface area contributed by atoms with Gasteiger partial charge in [-0.3, -0.25) is 9.79 Å². The zero-order chi connectivity index (χ0) is 17.2. The molecule has 0 aliphatic rings. The predicted molar refractivity (Wildman–Crippen MR) is 109 cm³/mol. The molecule has 0 atom stereocenters. The largest absolute Gasteiger partial charge is 0.496 e. The van der Waals surface area contributed by atoms with Gasteiger partial charge in [0, 0.05) is 45.2 Å². The first kappa shape index (κ1) is 22.5. The van der Waals surface area contributed by atoms with Gasteiger partial charge in [-0.05, 0) is 6.07 Å². The van der Waals surface area contributed by atoms with Crippen LogP contribution < -0.4 is 15.4 Å². The lowest BCUT2D eigenvalue weighted by Gasteiger charge is -2.23. The number of ether oxygens (including phenoxy) is 1. The van der Waals surface area contributed by atoms with Gasteiger partial charge in [-0.15, -0.1) is 24.0 Å². The number of guanidine groups is 1. The number of para-hydroxylation sites is 1. The molecule has 6 nitrogen and oxygen atoms in total. The molecule has 1 aromatic carbocycles. The maximum absolute atomic E-state index is 11.5. The van der Waals surface area contributed by atoms with Crippen LogP contribution in [0.3, 0.4) is 0 Å². The Morgan fingerprint density at radius 3 is 2.46 bits per heavy atom. The molecule has 0 saturated heterocycles. The summed E-state index contributed by atoms with van der Waals surface area (Å²) in [5, 5.41) is 6.12. The fourth-order valence-electron chi connectivity index (χ4n) is 2.11. The van der Waals surface area contributed by atoms with E-state index in [2.05, 4.69) is 15.6 Å².